The van der Waals surface area contributed by atoms with E-state index in [9.17, 15) is 4.79 Å². The molecule has 1 heterocycles. The molecule has 0 saturated heterocycles. The monoisotopic (exact) mass is 320 g/mol. The number of anilines is 1. The maximum Gasteiger partial charge on any atom is 0.259 e. The minimum atomic E-state index is -0.188. The summed E-state index contributed by atoms with van der Waals surface area (Å²) in [5, 5.41) is 8.22. The highest BCUT2D eigenvalue weighted by Gasteiger charge is 2.04. The number of rotatable bonds is 5. The van der Waals surface area contributed by atoms with E-state index < -0.39 is 0 Å². The Morgan fingerprint density at radius 3 is 2.71 bits per heavy atom. The van der Waals surface area contributed by atoms with Crippen LogP contribution in [0.5, 0.6) is 0 Å². The quantitative estimate of drug-likeness (QED) is 0.561. The summed E-state index contributed by atoms with van der Waals surface area (Å²) < 4.78 is 2.04. The number of fused-ring (bicyclic) bond motifs is 1. The molecule has 1 aromatic heterocycles. The molecular weight excluding hydrogens is 300 g/mol. The highest BCUT2D eigenvalue weighted by Crippen LogP contribution is 2.18. The Labute approximate surface area is 141 Å². The van der Waals surface area contributed by atoms with Gasteiger partial charge < -0.3 is 9.88 Å². The fourth-order valence-corrected chi connectivity index (χ4v) is 2.54. The van der Waals surface area contributed by atoms with Gasteiger partial charge in [0, 0.05) is 35.4 Å². The molecule has 3 aromatic rings. The van der Waals surface area contributed by atoms with Crippen LogP contribution < -0.4 is 10.7 Å². The summed E-state index contributed by atoms with van der Waals surface area (Å²) in [5.74, 6) is -0.188. The molecule has 0 spiro atoms. The lowest BCUT2D eigenvalue weighted by Gasteiger charge is -2.05. The highest BCUT2D eigenvalue weighted by molar-refractivity contribution is 5.99. The minimum Gasteiger partial charge on any atom is -0.376 e. The maximum absolute atomic E-state index is 11.8. The third-order valence-corrected chi connectivity index (χ3v) is 3.83. The van der Waals surface area contributed by atoms with Crippen LogP contribution in [0.15, 0.2) is 59.8 Å². The van der Waals surface area contributed by atoms with Crippen molar-refractivity contribution in [1.29, 1.82) is 0 Å². The van der Waals surface area contributed by atoms with E-state index in [0.29, 0.717) is 0 Å². The van der Waals surface area contributed by atoms with Gasteiger partial charge in [0.15, 0.2) is 0 Å². The first-order chi connectivity index (χ1) is 11.6. The van der Waals surface area contributed by atoms with Gasteiger partial charge >= 0.3 is 0 Å². The summed E-state index contributed by atoms with van der Waals surface area (Å²) in [6.07, 6.45) is 3.66. The Morgan fingerprint density at radius 1 is 1.17 bits per heavy atom. The molecule has 0 atom stereocenters. The second-order valence-electron chi connectivity index (χ2n) is 5.73. The van der Waals surface area contributed by atoms with Crippen LogP contribution in [0.4, 0.5) is 5.69 Å². The van der Waals surface area contributed by atoms with Crippen molar-refractivity contribution in [3.63, 3.8) is 0 Å². The number of nitrogens with zero attached hydrogens (tertiary/aromatic N) is 2. The van der Waals surface area contributed by atoms with Crippen molar-refractivity contribution < 1.29 is 4.79 Å². The zero-order valence-corrected chi connectivity index (χ0v) is 13.8. The third kappa shape index (κ3) is 3.63. The zero-order chi connectivity index (χ0) is 16.9. The number of hydrazone groups is 1. The average molecular weight is 320 g/mol. The van der Waals surface area contributed by atoms with Gasteiger partial charge in [0.05, 0.1) is 12.8 Å². The van der Waals surface area contributed by atoms with Crippen molar-refractivity contribution in [2.75, 3.05) is 11.9 Å². The maximum atomic E-state index is 11.8. The molecule has 0 aliphatic rings. The Bertz CT molecular complexity index is 878. The van der Waals surface area contributed by atoms with E-state index >= 15 is 0 Å². The Balaban J connectivity index is 1.57. The summed E-state index contributed by atoms with van der Waals surface area (Å²) in [5.41, 5.74) is 6.74. The van der Waals surface area contributed by atoms with Gasteiger partial charge in [-0.05, 0) is 25.1 Å². The summed E-state index contributed by atoms with van der Waals surface area (Å²) in [7, 11) is 1.99. The first-order valence-electron chi connectivity index (χ1n) is 7.80. The first-order valence-corrected chi connectivity index (χ1v) is 7.80. The summed E-state index contributed by atoms with van der Waals surface area (Å²) >= 11 is 0. The number of aromatic nitrogens is 1. The molecule has 3 rings (SSSR count). The third-order valence-electron chi connectivity index (χ3n) is 3.83. The smallest absolute Gasteiger partial charge is 0.259 e. The van der Waals surface area contributed by atoms with E-state index in [1.165, 1.54) is 5.56 Å². The lowest BCUT2D eigenvalue weighted by atomic mass is 10.2. The average Bonchev–Trinajstić information content (AvgIpc) is 2.91. The van der Waals surface area contributed by atoms with Crippen LogP contribution in [0.3, 0.4) is 0 Å². The van der Waals surface area contributed by atoms with Crippen molar-refractivity contribution in [2.45, 2.75) is 6.92 Å². The standard InChI is InChI=1S/C19H20N4O/c1-14-7-9-16(10-8-14)20-12-19(24)22-21-11-15-13-23(2)18-6-4-3-5-17(15)18/h3-11,13,20H,12H2,1-2H3,(H,22,24). The van der Waals surface area contributed by atoms with E-state index in [2.05, 4.69) is 21.9 Å². The molecule has 5 heteroatoms. The van der Waals surface area contributed by atoms with Crippen molar-refractivity contribution in [1.82, 2.24) is 9.99 Å². The van der Waals surface area contributed by atoms with Crippen molar-refractivity contribution in [3.8, 4) is 0 Å². The van der Waals surface area contributed by atoms with Gasteiger partial charge in [-0.1, -0.05) is 35.9 Å². The van der Waals surface area contributed by atoms with Crippen LogP contribution >= 0.6 is 0 Å². The zero-order valence-electron chi connectivity index (χ0n) is 13.8. The lowest BCUT2D eigenvalue weighted by molar-refractivity contribution is -0.119. The molecule has 0 aliphatic heterocycles. The van der Waals surface area contributed by atoms with Crippen LogP contribution in [0.2, 0.25) is 0 Å². The largest absolute Gasteiger partial charge is 0.376 e. The second-order valence-corrected chi connectivity index (χ2v) is 5.73. The number of carbonyl (C=O) groups is 1. The number of hydrogen-bond acceptors (Lipinski definition) is 3. The molecule has 0 unspecified atom stereocenters. The molecule has 5 nitrogen and oxygen atoms in total. The minimum absolute atomic E-state index is 0.177. The van der Waals surface area contributed by atoms with E-state index in [0.717, 1.165) is 22.2 Å². The van der Waals surface area contributed by atoms with Crippen LogP contribution in [0.25, 0.3) is 10.9 Å². The van der Waals surface area contributed by atoms with E-state index in [4.69, 9.17) is 0 Å². The molecule has 1 amide bonds. The normalized spacial score (nSPS) is 11.1. The molecule has 0 saturated carbocycles. The van der Waals surface area contributed by atoms with E-state index in [-0.39, 0.29) is 12.5 Å². The molecule has 0 fully saturated rings. The molecule has 2 aromatic carbocycles. The number of para-hydroxylation sites is 1. The van der Waals surface area contributed by atoms with E-state index in [1.807, 2.05) is 67.2 Å². The van der Waals surface area contributed by atoms with Crippen LogP contribution in [0.1, 0.15) is 11.1 Å². The van der Waals surface area contributed by atoms with Gasteiger partial charge in [0.25, 0.3) is 5.91 Å². The van der Waals surface area contributed by atoms with Gasteiger partial charge in [-0.3, -0.25) is 4.79 Å². The Kier molecular flexibility index (Phi) is 4.61. The summed E-state index contributed by atoms with van der Waals surface area (Å²) in [4.78, 5) is 11.8. The molecule has 122 valence electrons. The lowest BCUT2D eigenvalue weighted by Crippen LogP contribution is -2.25. The van der Waals surface area contributed by atoms with Crippen molar-refractivity contribution in [3.05, 3.63) is 65.9 Å². The summed E-state index contributed by atoms with van der Waals surface area (Å²) in [6.45, 7) is 2.20. The van der Waals surface area contributed by atoms with Gasteiger partial charge in [-0.2, -0.15) is 5.10 Å². The number of carbonyl (C=O) groups excluding carboxylic acids is 1. The molecular formula is C19H20N4O. The Morgan fingerprint density at radius 2 is 1.92 bits per heavy atom. The van der Waals surface area contributed by atoms with Gasteiger partial charge in [0.1, 0.15) is 0 Å². The number of benzene rings is 2. The number of aryl methyl sites for hydroxylation is 2. The topological polar surface area (TPSA) is 58.4 Å². The second kappa shape index (κ2) is 7.00. The van der Waals surface area contributed by atoms with Crippen LogP contribution in [-0.2, 0) is 11.8 Å². The van der Waals surface area contributed by atoms with Crippen molar-refractivity contribution in [2.24, 2.45) is 12.1 Å². The van der Waals surface area contributed by atoms with Crippen LogP contribution in [0, 0.1) is 6.92 Å². The molecule has 0 radical (unpaired) electrons. The number of amides is 1. The molecule has 24 heavy (non-hydrogen) atoms. The first kappa shape index (κ1) is 15.8. The molecule has 0 bridgehead atoms. The summed E-state index contributed by atoms with van der Waals surface area (Å²) in [6, 6.07) is 16.0. The fourth-order valence-electron chi connectivity index (χ4n) is 2.54. The SMILES string of the molecule is Cc1ccc(NCC(=O)NN=Cc2cn(C)c3ccccc23)cc1. The van der Waals surface area contributed by atoms with Crippen molar-refractivity contribution >= 4 is 28.7 Å². The predicted molar refractivity (Wildman–Crippen MR) is 98.3 cm³/mol. The fraction of sp³-hybridized carbons (Fsp3) is 0.158. The van der Waals surface area contributed by atoms with Crippen LogP contribution in [-0.4, -0.2) is 23.2 Å². The Hall–Kier alpha value is -3.08. The number of nitrogens with one attached hydrogen (secondary N) is 2. The molecule has 0 aliphatic carbocycles. The highest BCUT2D eigenvalue weighted by atomic mass is 16.2. The van der Waals surface area contributed by atoms with Gasteiger partial charge in [-0.25, -0.2) is 5.43 Å². The predicted octanol–water partition coefficient (Wildman–Crippen LogP) is 3.05. The van der Waals surface area contributed by atoms with Gasteiger partial charge in [0.2, 0.25) is 0 Å². The molecule has 2 N–H and O–H groups in total. The van der Waals surface area contributed by atoms with E-state index in [1.54, 1.807) is 6.21 Å². The number of hydrogen-bond donors (Lipinski definition) is 2. The van der Waals surface area contributed by atoms with Gasteiger partial charge in [-0.15, -0.1) is 0 Å².